The minimum Gasteiger partial charge on any atom is -0.343 e. The molecule has 3 nitrogen and oxygen atoms in total. The molecule has 0 aromatic heterocycles. The van der Waals surface area contributed by atoms with E-state index in [1.54, 1.807) is 0 Å². The minimum absolute atomic E-state index is 0.355. The van der Waals surface area contributed by atoms with Gasteiger partial charge < -0.3 is 10.2 Å². The summed E-state index contributed by atoms with van der Waals surface area (Å²) < 4.78 is 0. The summed E-state index contributed by atoms with van der Waals surface area (Å²) in [5, 5.41) is 3.37. The first-order chi connectivity index (χ1) is 6.76. The summed E-state index contributed by atoms with van der Waals surface area (Å²) in [6, 6.07) is 0. The van der Waals surface area contributed by atoms with E-state index in [4.69, 9.17) is 0 Å². The van der Waals surface area contributed by atoms with Gasteiger partial charge in [-0.05, 0) is 44.7 Å². The van der Waals surface area contributed by atoms with E-state index in [0.717, 1.165) is 32.6 Å². The fourth-order valence-corrected chi connectivity index (χ4v) is 2.74. The molecular weight excluding hydrogens is 176 g/mol. The maximum Gasteiger partial charge on any atom is 0.223 e. The largest absolute Gasteiger partial charge is 0.343 e. The number of rotatable bonds is 1. The molecule has 80 valence electrons. The predicted octanol–water partition coefficient (Wildman–Crippen LogP) is 0.998. The van der Waals surface area contributed by atoms with Gasteiger partial charge in [0.15, 0.2) is 0 Å². The van der Waals surface area contributed by atoms with Gasteiger partial charge in [-0.1, -0.05) is 0 Å². The lowest BCUT2D eigenvalue weighted by Crippen LogP contribution is -2.48. The van der Waals surface area contributed by atoms with Crippen molar-refractivity contribution in [2.45, 2.75) is 32.6 Å². The van der Waals surface area contributed by atoms with Crippen molar-refractivity contribution in [3.63, 3.8) is 0 Å². The topological polar surface area (TPSA) is 32.3 Å². The van der Waals surface area contributed by atoms with E-state index in [0.29, 0.717) is 11.3 Å². The first-order valence-corrected chi connectivity index (χ1v) is 5.74. The van der Waals surface area contributed by atoms with E-state index in [2.05, 4.69) is 12.2 Å². The highest BCUT2D eigenvalue weighted by Crippen LogP contribution is 2.39. The highest BCUT2D eigenvalue weighted by Gasteiger charge is 2.38. The van der Waals surface area contributed by atoms with Crippen LogP contribution < -0.4 is 5.32 Å². The summed E-state index contributed by atoms with van der Waals surface area (Å²) in [5.74, 6) is 0.376. The first-order valence-electron chi connectivity index (χ1n) is 5.74. The third-order valence-electron chi connectivity index (χ3n) is 3.84. The molecule has 0 bridgehead atoms. The van der Waals surface area contributed by atoms with Gasteiger partial charge in [0, 0.05) is 19.5 Å². The highest BCUT2D eigenvalue weighted by atomic mass is 16.2. The van der Waals surface area contributed by atoms with Crippen LogP contribution in [0.3, 0.4) is 0 Å². The minimum atomic E-state index is 0.355. The van der Waals surface area contributed by atoms with Gasteiger partial charge >= 0.3 is 0 Å². The normalized spacial score (nSPS) is 26.9. The van der Waals surface area contributed by atoms with Crippen molar-refractivity contribution in [2.75, 3.05) is 26.2 Å². The molecule has 0 saturated carbocycles. The van der Waals surface area contributed by atoms with Gasteiger partial charge in [0.1, 0.15) is 0 Å². The second kappa shape index (κ2) is 3.89. The van der Waals surface area contributed by atoms with Gasteiger partial charge in [-0.25, -0.2) is 0 Å². The predicted molar refractivity (Wildman–Crippen MR) is 56.0 cm³/mol. The second-order valence-corrected chi connectivity index (χ2v) is 4.65. The molecule has 0 unspecified atom stereocenters. The van der Waals surface area contributed by atoms with Crippen molar-refractivity contribution in [2.24, 2.45) is 5.41 Å². The van der Waals surface area contributed by atoms with Crippen LogP contribution in [0.25, 0.3) is 0 Å². The van der Waals surface area contributed by atoms with E-state index in [-0.39, 0.29) is 0 Å². The maximum absolute atomic E-state index is 11.8. The van der Waals surface area contributed by atoms with Gasteiger partial charge in [-0.3, -0.25) is 4.79 Å². The Bertz CT molecular complexity index is 221. The first kappa shape index (κ1) is 9.97. The monoisotopic (exact) mass is 196 g/mol. The highest BCUT2D eigenvalue weighted by molar-refractivity contribution is 5.77. The molecule has 0 aromatic carbocycles. The summed E-state index contributed by atoms with van der Waals surface area (Å²) in [5.41, 5.74) is 0.355. The molecule has 2 fully saturated rings. The third-order valence-corrected chi connectivity index (χ3v) is 3.84. The zero-order chi connectivity index (χ0) is 10.0. The molecule has 1 N–H and O–H groups in total. The molecule has 2 aliphatic heterocycles. The van der Waals surface area contributed by atoms with Crippen LogP contribution in [0.4, 0.5) is 0 Å². The number of nitrogens with one attached hydrogen (secondary N) is 1. The fraction of sp³-hybridized carbons (Fsp3) is 0.909. The van der Waals surface area contributed by atoms with Crippen molar-refractivity contribution in [3.05, 3.63) is 0 Å². The third kappa shape index (κ3) is 1.78. The molecule has 2 heterocycles. The van der Waals surface area contributed by atoms with Crippen LogP contribution in [-0.2, 0) is 4.79 Å². The number of hydrogen-bond donors (Lipinski definition) is 1. The lowest BCUT2D eigenvalue weighted by molar-refractivity contribution is -0.138. The Labute approximate surface area is 85.8 Å². The quantitative estimate of drug-likeness (QED) is 0.678. The van der Waals surface area contributed by atoms with E-state index >= 15 is 0 Å². The summed E-state index contributed by atoms with van der Waals surface area (Å²) in [7, 11) is 0. The number of hydrogen-bond acceptors (Lipinski definition) is 2. The molecule has 2 saturated heterocycles. The molecule has 0 aromatic rings. The average molecular weight is 196 g/mol. The maximum atomic E-state index is 11.8. The van der Waals surface area contributed by atoms with Gasteiger partial charge in [0.05, 0.1) is 0 Å². The molecule has 0 aliphatic carbocycles. The van der Waals surface area contributed by atoms with E-state index in [1.165, 1.54) is 19.3 Å². The molecule has 0 atom stereocenters. The number of amides is 1. The van der Waals surface area contributed by atoms with Crippen LogP contribution in [0.5, 0.6) is 0 Å². The van der Waals surface area contributed by atoms with Crippen LogP contribution in [0.1, 0.15) is 32.6 Å². The van der Waals surface area contributed by atoms with Crippen LogP contribution in [0.2, 0.25) is 0 Å². The Hall–Kier alpha value is -0.570. The standard InChI is InChI=1S/C11H20N2O/c1-2-13-8-5-11(9-10(13)14)3-6-12-7-4-11/h12H,2-9H2,1H3. The van der Waals surface area contributed by atoms with Crippen molar-refractivity contribution < 1.29 is 4.79 Å². The molecule has 0 radical (unpaired) electrons. The molecule has 1 amide bonds. The summed E-state index contributed by atoms with van der Waals surface area (Å²) in [6.07, 6.45) is 4.39. The van der Waals surface area contributed by atoms with Crippen molar-refractivity contribution >= 4 is 5.91 Å². The molecule has 14 heavy (non-hydrogen) atoms. The summed E-state index contributed by atoms with van der Waals surface area (Å²) >= 11 is 0. The van der Waals surface area contributed by atoms with Crippen LogP contribution in [-0.4, -0.2) is 37.0 Å². The number of nitrogens with zero attached hydrogens (tertiary/aromatic N) is 1. The SMILES string of the molecule is CCN1CCC2(CCNCC2)CC1=O. The fourth-order valence-electron chi connectivity index (χ4n) is 2.74. The Balaban J connectivity index is 2.00. The number of piperidine rings is 2. The van der Waals surface area contributed by atoms with E-state index < -0.39 is 0 Å². The Morgan fingerprint density at radius 1 is 1.36 bits per heavy atom. The van der Waals surface area contributed by atoms with Crippen LogP contribution >= 0.6 is 0 Å². The van der Waals surface area contributed by atoms with Crippen LogP contribution in [0.15, 0.2) is 0 Å². The Morgan fingerprint density at radius 3 is 2.64 bits per heavy atom. The number of carbonyl (C=O) groups is 1. The zero-order valence-corrected chi connectivity index (χ0v) is 9.01. The lowest BCUT2D eigenvalue weighted by Gasteiger charge is -2.43. The summed E-state index contributed by atoms with van der Waals surface area (Å²) in [6.45, 7) is 6.12. The molecule has 2 aliphatic rings. The molecule has 3 heteroatoms. The molecular formula is C11H20N2O. The zero-order valence-electron chi connectivity index (χ0n) is 9.01. The lowest BCUT2D eigenvalue weighted by atomic mass is 9.71. The Kier molecular flexibility index (Phi) is 2.77. The average Bonchev–Trinajstić information content (AvgIpc) is 2.19. The Morgan fingerprint density at radius 2 is 2.07 bits per heavy atom. The van der Waals surface area contributed by atoms with Gasteiger partial charge in [0.25, 0.3) is 0 Å². The van der Waals surface area contributed by atoms with Crippen LogP contribution in [0, 0.1) is 5.41 Å². The van der Waals surface area contributed by atoms with E-state index in [1.807, 2.05) is 4.90 Å². The second-order valence-electron chi connectivity index (χ2n) is 4.65. The van der Waals surface area contributed by atoms with Crippen molar-refractivity contribution in [3.8, 4) is 0 Å². The van der Waals surface area contributed by atoms with E-state index in [9.17, 15) is 4.79 Å². The van der Waals surface area contributed by atoms with Gasteiger partial charge in [0.2, 0.25) is 5.91 Å². The summed E-state index contributed by atoms with van der Waals surface area (Å²) in [4.78, 5) is 13.8. The van der Waals surface area contributed by atoms with Crippen molar-refractivity contribution in [1.82, 2.24) is 10.2 Å². The molecule has 1 spiro atoms. The van der Waals surface area contributed by atoms with Crippen molar-refractivity contribution in [1.29, 1.82) is 0 Å². The van der Waals surface area contributed by atoms with Gasteiger partial charge in [-0.15, -0.1) is 0 Å². The number of likely N-dealkylation sites (tertiary alicyclic amines) is 1. The number of carbonyl (C=O) groups excluding carboxylic acids is 1. The smallest absolute Gasteiger partial charge is 0.223 e. The molecule has 2 rings (SSSR count). The van der Waals surface area contributed by atoms with Gasteiger partial charge in [-0.2, -0.15) is 0 Å².